The predicted octanol–water partition coefficient (Wildman–Crippen LogP) is 4.31. The van der Waals surface area contributed by atoms with Crippen molar-refractivity contribution in [2.24, 2.45) is 0 Å². The topological polar surface area (TPSA) is 53.3 Å². The van der Waals surface area contributed by atoms with Crippen LogP contribution >= 0.6 is 0 Å². The number of likely N-dealkylation sites (tertiary alicyclic amines) is 1. The van der Waals surface area contributed by atoms with Crippen LogP contribution in [-0.2, 0) is 4.79 Å². The van der Waals surface area contributed by atoms with Crippen LogP contribution in [0.4, 0.5) is 0 Å². The van der Waals surface area contributed by atoms with Gasteiger partial charge in [-0.3, -0.25) is 4.79 Å². The van der Waals surface area contributed by atoms with Crippen LogP contribution in [0.3, 0.4) is 0 Å². The maximum atomic E-state index is 13.0. The number of rotatable bonds is 4. The van der Waals surface area contributed by atoms with E-state index < -0.39 is 6.10 Å². The second-order valence-electron chi connectivity index (χ2n) is 7.01. The van der Waals surface area contributed by atoms with Crippen molar-refractivity contribution in [2.75, 3.05) is 6.54 Å². The molecule has 4 heteroatoms. The number of carbonyl (C=O) groups excluding carboxylic acids is 1. The zero-order valence-corrected chi connectivity index (χ0v) is 15.5. The quantitative estimate of drug-likeness (QED) is 0.827. The van der Waals surface area contributed by atoms with Crippen LogP contribution in [0.1, 0.15) is 48.1 Å². The van der Waals surface area contributed by atoms with E-state index in [1.54, 1.807) is 31.2 Å². The van der Waals surface area contributed by atoms with E-state index in [2.05, 4.69) is 38.1 Å². The molecule has 1 heterocycles. The van der Waals surface area contributed by atoms with E-state index >= 15 is 0 Å². The van der Waals surface area contributed by atoms with Crippen molar-refractivity contribution in [1.82, 2.24) is 4.90 Å². The first-order valence-electron chi connectivity index (χ1n) is 9.03. The summed E-state index contributed by atoms with van der Waals surface area (Å²) in [5.74, 6) is 0.614. The Morgan fingerprint density at radius 3 is 2.46 bits per heavy atom. The van der Waals surface area contributed by atoms with E-state index in [0.717, 1.165) is 19.4 Å². The first kappa shape index (κ1) is 18.0. The van der Waals surface area contributed by atoms with Gasteiger partial charge >= 0.3 is 0 Å². The molecule has 1 amide bonds. The molecule has 0 spiro atoms. The average Bonchev–Trinajstić information content (AvgIpc) is 3.10. The number of carbonyl (C=O) groups is 1. The van der Waals surface area contributed by atoms with Crippen molar-refractivity contribution in [3.8, 4) is 11.8 Å². The smallest absolute Gasteiger partial charge is 0.263 e. The van der Waals surface area contributed by atoms with Crippen LogP contribution in [0.5, 0.6) is 5.75 Å². The van der Waals surface area contributed by atoms with Crippen LogP contribution in [0.25, 0.3) is 0 Å². The lowest BCUT2D eigenvalue weighted by Crippen LogP contribution is -2.40. The van der Waals surface area contributed by atoms with Gasteiger partial charge in [0.2, 0.25) is 0 Å². The molecule has 4 nitrogen and oxygen atoms in total. The highest BCUT2D eigenvalue weighted by Gasteiger charge is 2.33. The third-order valence-corrected chi connectivity index (χ3v) is 4.81. The molecule has 2 unspecified atom stereocenters. The molecule has 0 aromatic heterocycles. The van der Waals surface area contributed by atoms with Gasteiger partial charge < -0.3 is 9.64 Å². The Hall–Kier alpha value is -2.80. The monoisotopic (exact) mass is 348 g/mol. The Labute approximate surface area is 155 Å². The van der Waals surface area contributed by atoms with Crippen molar-refractivity contribution < 1.29 is 9.53 Å². The van der Waals surface area contributed by atoms with Crippen LogP contribution < -0.4 is 4.74 Å². The van der Waals surface area contributed by atoms with Gasteiger partial charge in [-0.2, -0.15) is 5.26 Å². The molecule has 0 radical (unpaired) electrons. The van der Waals surface area contributed by atoms with Crippen LogP contribution in [0.15, 0.2) is 42.5 Å². The summed E-state index contributed by atoms with van der Waals surface area (Å²) in [6.45, 7) is 6.73. The molecule has 1 saturated heterocycles. The van der Waals surface area contributed by atoms with E-state index in [4.69, 9.17) is 10.00 Å². The van der Waals surface area contributed by atoms with Gasteiger partial charge in [-0.25, -0.2) is 0 Å². The van der Waals surface area contributed by atoms with Crippen LogP contribution in [-0.4, -0.2) is 23.5 Å². The van der Waals surface area contributed by atoms with E-state index in [-0.39, 0.29) is 11.9 Å². The van der Waals surface area contributed by atoms with Crippen LogP contribution in [0.2, 0.25) is 0 Å². The SMILES string of the molecule is Cc1cc(C)cc(C2CCCN2C(=O)C(C)Oc2ccc(C#N)cc2)c1. The fraction of sp³-hybridized carbons (Fsp3) is 0.364. The van der Waals surface area contributed by atoms with Crippen molar-refractivity contribution in [2.45, 2.75) is 45.8 Å². The van der Waals surface area contributed by atoms with E-state index in [1.165, 1.54) is 16.7 Å². The molecule has 1 aliphatic heterocycles. The van der Waals surface area contributed by atoms with Gasteiger partial charge in [0.05, 0.1) is 17.7 Å². The number of benzene rings is 2. The molecule has 0 aliphatic carbocycles. The summed E-state index contributed by atoms with van der Waals surface area (Å²) in [5, 5.41) is 8.87. The Balaban J connectivity index is 1.73. The Bertz CT molecular complexity index is 816. The van der Waals surface area contributed by atoms with Gasteiger partial charge in [-0.1, -0.05) is 29.3 Å². The molecule has 0 saturated carbocycles. The number of nitrogens with zero attached hydrogens (tertiary/aromatic N) is 2. The molecule has 134 valence electrons. The third-order valence-electron chi connectivity index (χ3n) is 4.81. The largest absolute Gasteiger partial charge is 0.481 e. The van der Waals surface area contributed by atoms with Gasteiger partial charge in [-0.15, -0.1) is 0 Å². The normalized spacial score (nSPS) is 17.6. The predicted molar refractivity (Wildman–Crippen MR) is 101 cm³/mol. The second kappa shape index (κ2) is 7.61. The first-order chi connectivity index (χ1) is 12.5. The van der Waals surface area contributed by atoms with E-state index in [1.807, 2.05) is 4.90 Å². The highest BCUT2D eigenvalue weighted by Crippen LogP contribution is 2.33. The Morgan fingerprint density at radius 1 is 1.19 bits per heavy atom. The Morgan fingerprint density at radius 2 is 1.85 bits per heavy atom. The molecule has 1 aliphatic rings. The van der Waals surface area contributed by atoms with E-state index in [9.17, 15) is 4.79 Å². The molecular formula is C22H24N2O2. The second-order valence-corrected chi connectivity index (χ2v) is 7.01. The summed E-state index contributed by atoms with van der Waals surface area (Å²) in [4.78, 5) is 14.9. The maximum absolute atomic E-state index is 13.0. The van der Waals surface area contributed by atoms with Gasteiger partial charge in [-0.05, 0) is 63.4 Å². The van der Waals surface area contributed by atoms with Gasteiger partial charge in [0, 0.05) is 6.54 Å². The maximum Gasteiger partial charge on any atom is 0.263 e. The lowest BCUT2D eigenvalue weighted by Gasteiger charge is -2.28. The highest BCUT2D eigenvalue weighted by atomic mass is 16.5. The molecule has 2 atom stereocenters. The summed E-state index contributed by atoms with van der Waals surface area (Å²) in [6, 6.07) is 15.6. The minimum absolute atomic E-state index is 0.0102. The first-order valence-corrected chi connectivity index (χ1v) is 9.03. The lowest BCUT2D eigenvalue weighted by molar-refractivity contribution is -0.138. The number of nitriles is 1. The molecule has 2 aromatic carbocycles. The van der Waals surface area contributed by atoms with Gasteiger partial charge in [0.1, 0.15) is 5.75 Å². The summed E-state index contributed by atoms with van der Waals surface area (Å²) in [6.07, 6.45) is 1.43. The minimum Gasteiger partial charge on any atom is -0.481 e. The van der Waals surface area contributed by atoms with Crippen molar-refractivity contribution in [1.29, 1.82) is 5.26 Å². The van der Waals surface area contributed by atoms with Gasteiger partial charge in [0.15, 0.2) is 6.10 Å². The summed E-state index contributed by atoms with van der Waals surface area (Å²) < 4.78 is 5.82. The lowest BCUT2D eigenvalue weighted by atomic mass is 9.99. The molecule has 1 fully saturated rings. The zero-order chi connectivity index (χ0) is 18.7. The average molecular weight is 348 g/mol. The molecule has 26 heavy (non-hydrogen) atoms. The highest BCUT2D eigenvalue weighted by molar-refractivity contribution is 5.81. The molecule has 2 aromatic rings. The fourth-order valence-electron chi connectivity index (χ4n) is 3.68. The van der Waals surface area contributed by atoms with Crippen molar-refractivity contribution in [3.63, 3.8) is 0 Å². The number of ether oxygens (including phenoxy) is 1. The standard InChI is InChI=1S/C22H24N2O2/c1-15-11-16(2)13-19(12-15)21-5-4-10-24(21)22(25)17(3)26-20-8-6-18(14-23)7-9-20/h6-9,11-13,17,21H,4-5,10H2,1-3H3. The summed E-state index contributed by atoms with van der Waals surface area (Å²) >= 11 is 0. The molecular weight excluding hydrogens is 324 g/mol. The Kier molecular flexibility index (Phi) is 5.27. The molecule has 0 bridgehead atoms. The fourth-order valence-corrected chi connectivity index (χ4v) is 3.68. The number of hydrogen-bond acceptors (Lipinski definition) is 3. The van der Waals surface area contributed by atoms with Crippen molar-refractivity contribution >= 4 is 5.91 Å². The number of aryl methyl sites for hydroxylation is 2. The zero-order valence-electron chi connectivity index (χ0n) is 15.5. The summed E-state index contributed by atoms with van der Waals surface area (Å²) in [7, 11) is 0. The van der Waals surface area contributed by atoms with Crippen LogP contribution in [0, 0.1) is 25.2 Å². The number of hydrogen-bond donors (Lipinski definition) is 0. The van der Waals surface area contributed by atoms with Gasteiger partial charge in [0.25, 0.3) is 5.91 Å². The third kappa shape index (κ3) is 3.88. The van der Waals surface area contributed by atoms with Crippen molar-refractivity contribution in [3.05, 3.63) is 64.7 Å². The minimum atomic E-state index is -0.561. The summed E-state index contributed by atoms with van der Waals surface area (Å²) in [5.41, 5.74) is 4.23. The molecule has 0 N–H and O–H groups in total. The van der Waals surface area contributed by atoms with E-state index in [0.29, 0.717) is 11.3 Å². The number of amides is 1. The molecule has 3 rings (SSSR count).